The Morgan fingerprint density at radius 3 is 2.20 bits per heavy atom. The van der Waals surface area contributed by atoms with E-state index in [4.69, 9.17) is 34.8 Å². The number of rotatable bonds is 3. The first kappa shape index (κ1) is 12.6. The van der Waals surface area contributed by atoms with Gasteiger partial charge in [0.25, 0.3) is 0 Å². The normalized spacial score (nSPS) is 13.5. The summed E-state index contributed by atoms with van der Waals surface area (Å²) >= 11 is 17.1. The number of halogens is 3. The van der Waals surface area contributed by atoms with Crippen LogP contribution in [0.15, 0.2) is 30.3 Å². The lowest BCUT2D eigenvalue weighted by Crippen LogP contribution is -2.24. The Balaban J connectivity index is 2.97. The SMILES string of the molecule is O=[N+]([O-])CC(c1ccccc1)C(Cl)(Cl)Cl. The highest BCUT2D eigenvalue weighted by molar-refractivity contribution is 6.68. The highest BCUT2D eigenvalue weighted by Gasteiger charge is 2.37. The van der Waals surface area contributed by atoms with Crippen LogP contribution in [0.1, 0.15) is 11.5 Å². The standard InChI is InChI=1S/C9H8Cl3NO2/c10-9(11,12)8(6-13(14)15)7-4-2-1-3-5-7/h1-5,8H,6H2. The molecule has 82 valence electrons. The molecule has 6 heteroatoms. The average molecular weight is 269 g/mol. The van der Waals surface area contributed by atoms with Crippen LogP contribution < -0.4 is 0 Å². The van der Waals surface area contributed by atoms with Gasteiger partial charge in [0.05, 0.1) is 5.92 Å². The van der Waals surface area contributed by atoms with Crippen LogP contribution >= 0.6 is 34.8 Å². The Morgan fingerprint density at radius 1 is 1.27 bits per heavy atom. The quantitative estimate of drug-likeness (QED) is 0.479. The van der Waals surface area contributed by atoms with Crippen molar-refractivity contribution in [3.8, 4) is 0 Å². The summed E-state index contributed by atoms with van der Waals surface area (Å²) in [6.07, 6.45) is 0. The van der Waals surface area contributed by atoms with Crippen molar-refractivity contribution in [3.63, 3.8) is 0 Å². The first-order chi connectivity index (χ1) is 6.91. The largest absolute Gasteiger partial charge is 0.265 e. The van der Waals surface area contributed by atoms with Gasteiger partial charge in [-0.05, 0) is 5.56 Å². The van der Waals surface area contributed by atoms with E-state index >= 15 is 0 Å². The molecule has 0 N–H and O–H groups in total. The van der Waals surface area contributed by atoms with Crippen molar-refractivity contribution in [2.75, 3.05) is 6.54 Å². The summed E-state index contributed by atoms with van der Waals surface area (Å²) < 4.78 is -1.67. The minimum Gasteiger partial charge on any atom is -0.265 e. The third-order valence-electron chi connectivity index (χ3n) is 1.93. The molecule has 0 aliphatic heterocycles. The van der Waals surface area contributed by atoms with Gasteiger partial charge in [0.1, 0.15) is 0 Å². The molecule has 0 spiro atoms. The van der Waals surface area contributed by atoms with Gasteiger partial charge >= 0.3 is 0 Å². The Labute approximate surface area is 102 Å². The van der Waals surface area contributed by atoms with Crippen LogP contribution in [0.4, 0.5) is 0 Å². The van der Waals surface area contributed by atoms with Gasteiger partial charge in [-0.1, -0.05) is 65.1 Å². The van der Waals surface area contributed by atoms with Crippen LogP contribution in [0.25, 0.3) is 0 Å². The second-order valence-electron chi connectivity index (χ2n) is 3.02. The molecule has 0 saturated carbocycles. The van der Waals surface area contributed by atoms with Crippen molar-refractivity contribution in [1.82, 2.24) is 0 Å². The van der Waals surface area contributed by atoms with E-state index in [1.54, 1.807) is 30.3 Å². The van der Waals surface area contributed by atoms with E-state index in [0.717, 1.165) is 0 Å². The second kappa shape index (κ2) is 5.01. The first-order valence-corrected chi connectivity index (χ1v) is 5.28. The fourth-order valence-corrected chi connectivity index (χ4v) is 1.82. The summed E-state index contributed by atoms with van der Waals surface area (Å²) in [4.78, 5) is 9.97. The topological polar surface area (TPSA) is 43.1 Å². The summed E-state index contributed by atoms with van der Waals surface area (Å²) in [5, 5.41) is 10.5. The molecule has 0 fully saturated rings. The smallest absolute Gasteiger partial charge is 0.214 e. The first-order valence-electron chi connectivity index (χ1n) is 4.14. The second-order valence-corrected chi connectivity index (χ2v) is 5.39. The van der Waals surface area contributed by atoms with Gasteiger partial charge in [0.15, 0.2) is 0 Å². The van der Waals surface area contributed by atoms with Crippen molar-refractivity contribution in [2.24, 2.45) is 0 Å². The minimum absolute atomic E-state index is 0.402. The van der Waals surface area contributed by atoms with Crippen LogP contribution in [0, 0.1) is 10.1 Å². The van der Waals surface area contributed by atoms with Crippen molar-refractivity contribution in [2.45, 2.75) is 9.71 Å². The fraction of sp³-hybridized carbons (Fsp3) is 0.333. The summed E-state index contributed by atoms with van der Waals surface area (Å²) in [6, 6.07) is 8.70. The maximum absolute atomic E-state index is 10.5. The predicted molar refractivity (Wildman–Crippen MR) is 61.3 cm³/mol. The predicted octanol–water partition coefficient (Wildman–Crippen LogP) is 3.42. The third-order valence-corrected chi connectivity index (χ3v) is 2.72. The maximum atomic E-state index is 10.5. The van der Waals surface area contributed by atoms with Crippen molar-refractivity contribution in [3.05, 3.63) is 46.0 Å². The molecule has 0 aliphatic rings. The Kier molecular flexibility index (Phi) is 4.20. The monoisotopic (exact) mass is 267 g/mol. The van der Waals surface area contributed by atoms with Crippen molar-refractivity contribution >= 4 is 34.8 Å². The minimum atomic E-state index is -1.67. The van der Waals surface area contributed by atoms with Gasteiger partial charge < -0.3 is 0 Å². The van der Waals surface area contributed by atoms with Crippen LogP contribution in [-0.4, -0.2) is 15.3 Å². The van der Waals surface area contributed by atoms with Crippen LogP contribution in [0.5, 0.6) is 0 Å². The molecule has 0 saturated heterocycles. The van der Waals surface area contributed by atoms with Gasteiger partial charge in [0, 0.05) is 4.92 Å². The molecule has 1 atom stereocenters. The molecule has 1 aromatic rings. The lowest BCUT2D eigenvalue weighted by Gasteiger charge is -2.20. The molecule has 0 radical (unpaired) electrons. The van der Waals surface area contributed by atoms with E-state index in [2.05, 4.69) is 0 Å². The van der Waals surface area contributed by atoms with E-state index in [9.17, 15) is 10.1 Å². The number of alkyl halides is 3. The molecule has 1 rings (SSSR count). The van der Waals surface area contributed by atoms with E-state index in [0.29, 0.717) is 5.56 Å². The molecule has 3 nitrogen and oxygen atoms in total. The van der Waals surface area contributed by atoms with Crippen LogP contribution in [0.2, 0.25) is 0 Å². The number of benzene rings is 1. The van der Waals surface area contributed by atoms with E-state index in [1.807, 2.05) is 0 Å². The highest BCUT2D eigenvalue weighted by atomic mass is 35.6. The zero-order chi connectivity index (χ0) is 11.5. The summed E-state index contributed by atoms with van der Waals surface area (Å²) in [7, 11) is 0. The number of nitro groups is 1. The Bertz CT molecular complexity index is 337. The number of hydrogen-bond acceptors (Lipinski definition) is 2. The zero-order valence-corrected chi connectivity index (χ0v) is 9.84. The van der Waals surface area contributed by atoms with E-state index in [1.165, 1.54) is 0 Å². The molecule has 1 aromatic carbocycles. The molecular formula is C9H8Cl3NO2. The Hall–Kier alpha value is -0.510. The van der Waals surface area contributed by atoms with Gasteiger partial charge in [0.2, 0.25) is 10.3 Å². The maximum Gasteiger partial charge on any atom is 0.214 e. The fourth-order valence-electron chi connectivity index (χ4n) is 1.23. The molecule has 0 heterocycles. The molecule has 1 unspecified atom stereocenters. The molecule has 15 heavy (non-hydrogen) atoms. The van der Waals surface area contributed by atoms with Gasteiger partial charge in [-0.3, -0.25) is 10.1 Å². The zero-order valence-electron chi connectivity index (χ0n) is 7.57. The average Bonchev–Trinajstić information content (AvgIpc) is 2.14. The van der Waals surface area contributed by atoms with Gasteiger partial charge in [-0.25, -0.2) is 0 Å². The highest BCUT2D eigenvalue weighted by Crippen LogP contribution is 2.41. The number of hydrogen-bond donors (Lipinski definition) is 0. The van der Waals surface area contributed by atoms with Crippen molar-refractivity contribution in [1.29, 1.82) is 0 Å². The lowest BCUT2D eigenvalue weighted by atomic mass is 10.0. The van der Waals surface area contributed by atoms with Gasteiger partial charge in [-0.15, -0.1) is 0 Å². The third kappa shape index (κ3) is 3.86. The summed E-state index contributed by atoms with van der Waals surface area (Å²) in [5.41, 5.74) is 0.647. The Morgan fingerprint density at radius 2 is 1.80 bits per heavy atom. The molecule has 0 amide bonds. The van der Waals surface area contributed by atoms with Crippen LogP contribution in [-0.2, 0) is 0 Å². The molecule has 0 aliphatic carbocycles. The van der Waals surface area contributed by atoms with E-state index < -0.39 is 21.2 Å². The van der Waals surface area contributed by atoms with E-state index in [-0.39, 0.29) is 0 Å². The van der Waals surface area contributed by atoms with Gasteiger partial charge in [-0.2, -0.15) is 0 Å². The molecule has 0 aromatic heterocycles. The molecular weight excluding hydrogens is 260 g/mol. The summed E-state index contributed by atoms with van der Waals surface area (Å²) in [5.74, 6) is -0.737. The van der Waals surface area contributed by atoms with Crippen LogP contribution in [0.3, 0.4) is 0 Å². The number of nitrogens with zero attached hydrogens (tertiary/aromatic N) is 1. The summed E-state index contributed by atoms with van der Waals surface area (Å²) in [6.45, 7) is -0.402. The molecule has 0 bridgehead atoms. The lowest BCUT2D eigenvalue weighted by molar-refractivity contribution is -0.483. The van der Waals surface area contributed by atoms with Crippen molar-refractivity contribution < 1.29 is 4.92 Å².